The van der Waals surface area contributed by atoms with Crippen molar-refractivity contribution in [3.63, 3.8) is 0 Å². The zero-order chi connectivity index (χ0) is 28.1. The number of alkyl halides is 3. The van der Waals surface area contributed by atoms with Crippen LogP contribution in [0.3, 0.4) is 0 Å². The van der Waals surface area contributed by atoms with Crippen molar-refractivity contribution in [2.24, 2.45) is 0 Å². The summed E-state index contributed by atoms with van der Waals surface area (Å²) in [5.41, 5.74) is 3.01. The normalized spacial score (nSPS) is 14.2. The number of H-pyrrole nitrogens is 1. The van der Waals surface area contributed by atoms with Crippen LogP contribution in [0.1, 0.15) is 45.7 Å². The van der Waals surface area contributed by atoms with E-state index in [1.807, 2.05) is 38.1 Å². The van der Waals surface area contributed by atoms with Crippen molar-refractivity contribution in [2.45, 2.75) is 45.2 Å². The number of halogens is 3. The predicted octanol–water partition coefficient (Wildman–Crippen LogP) is 6.76. The molecule has 3 aromatic carbocycles. The van der Waals surface area contributed by atoms with E-state index in [1.165, 1.54) is 24.3 Å². The number of aryl methyl sites for hydroxylation is 3. The van der Waals surface area contributed by atoms with E-state index in [0.29, 0.717) is 21.7 Å². The molecule has 0 atom stereocenters. The Morgan fingerprint density at radius 1 is 1.03 bits per heavy atom. The molecule has 5 rings (SSSR count). The summed E-state index contributed by atoms with van der Waals surface area (Å²) in [5, 5.41) is 16.0. The van der Waals surface area contributed by atoms with Crippen molar-refractivity contribution in [3.8, 4) is 28.3 Å². The summed E-state index contributed by atoms with van der Waals surface area (Å²) in [6.07, 6.45) is -4.34. The van der Waals surface area contributed by atoms with E-state index in [4.69, 9.17) is 4.74 Å². The first-order chi connectivity index (χ1) is 18.5. The van der Waals surface area contributed by atoms with Gasteiger partial charge in [-0.1, -0.05) is 30.3 Å². The lowest BCUT2D eigenvalue weighted by atomic mass is 9.93. The molecule has 1 saturated carbocycles. The Morgan fingerprint density at radius 2 is 1.69 bits per heavy atom. The van der Waals surface area contributed by atoms with Crippen molar-refractivity contribution in [1.82, 2.24) is 4.98 Å². The molecule has 1 aromatic heterocycles. The standard InChI is InChI=1S/C30H28F3N3O3/c1-17-7-5-8-18(2)25(17)23-15-20(11-12-24(23)39-4)27-34-19(3)26(36(27)38)28(37)35-22-10-6-9-21(16-22)29(13-14-29)30(31,32)33/h5-12,15-16,34H,13-14H2,1-4H3,(H,35,37). The third-order valence-corrected chi connectivity index (χ3v) is 7.47. The summed E-state index contributed by atoms with van der Waals surface area (Å²) < 4.78 is 46.9. The maximum atomic E-state index is 13.6. The molecule has 0 unspecified atom stereocenters. The smallest absolute Gasteiger partial charge is 0.398 e. The molecule has 1 aliphatic rings. The Bertz CT molecular complexity index is 1570. The van der Waals surface area contributed by atoms with Gasteiger partial charge in [-0.25, -0.2) is 9.71 Å². The SMILES string of the molecule is COc1ccc(-c2[nH]c(C)c(C(=O)Nc3cccc(C4(C(F)(F)F)CC4)c3)[n+]2[O-])cc1-c1c(C)cccc1C. The summed E-state index contributed by atoms with van der Waals surface area (Å²) in [7, 11) is 1.58. The number of hydrogen-bond donors (Lipinski definition) is 2. The third kappa shape index (κ3) is 4.51. The summed E-state index contributed by atoms with van der Waals surface area (Å²) in [6, 6.07) is 17.0. The maximum absolute atomic E-state index is 13.6. The first kappa shape index (κ1) is 26.3. The number of nitrogens with one attached hydrogen (secondary N) is 2. The average molecular weight is 536 g/mol. The van der Waals surface area contributed by atoms with Crippen LogP contribution in [-0.4, -0.2) is 24.2 Å². The highest BCUT2D eigenvalue weighted by molar-refractivity contribution is 6.03. The Morgan fingerprint density at radius 3 is 2.31 bits per heavy atom. The van der Waals surface area contributed by atoms with Crippen LogP contribution in [0.4, 0.5) is 18.9 Å². The zero-order valence-electron chi connectivity index (χ0n) is 22.0. The second-order valence-electron chi connectivity index (χ2n) is 10.0. The van der Waals surface area contributed by atoms with E-state index in [0.717, 1.165) is 22.3 Å². The molecule has 1 aliphatic carbocycles. The van der Waals surface area contributed by atoms with E-state index >= 15 is 0 Å². The fourth-order valence-corrected chi connectivity index (χ4v) is 5.24. The van der Waals surface area contributed by atoms with E-state index in [-0.39, 0.29) is 35.6 Å². The van der Waals surface area contributed by atoms with Crippen LogP contribution in [0.15, 0.2) is 60.7 Å². The molecule has 1 fully saturated rings. The number of methoxy groups -OCH3 is 1. The molecule has 4 aromatic rings. The Balaban J connectivity index is 1.48. The van der Waals surface area contributed by atoms with Crippen LogP contribution >= 0.6 is 0 Å². The van der Waals surface area contributed by atoms with Gasteiger partial charge in [0.1, 0.15) is 5.75 Å². The van der Waals surface area contributed by atoms with Gasteiger partial charge in [-0.15, -0.1) is 0 Å². The minimum absolute atomic E-state index is 0.0145. The number of hydrogen-bond acceptors (Lipinski definition) is 3. The highest BCUT2D eigenvalue weighted by Gasteiger charge is 2.64. The fraction of sp³-hybridized carbons (Fsp3) is 0.267. The van der Waals surface area contributed by atoms with E-state index in [9.17, 15) is 23.2 Å². The molecule has 0 bridgehead atoms. The number of aromatic amines is 1. The summed E-state index contributed by atoms with van der Waals surface area (Å²) in [5.74, 6) is 0.0834. The summed E-state index contributed by atoms with van der Waals surface area (Å²) in [6.45, 7) is 5.60. The highest BCUT2D eigenvalue weighted by atomic mass is 19.4. The van der Waals surface area contributed by atoms with Crippen LogP contribution in [0.2, 0.25) is 0 Å². The van der Waals surface area contributed by atoms with Crippen molar-refractivity contribution in [1.29, 1.82) is 0 Å². The molecule has 0 radical (unpaired) electrons. The fourth-order valence-electron chi connectivity index (χ4n) is 5.24. The van der Waals surface area contributed by atoms with Gasteiger partial charge in [0.2, 0.25) is 5.69 Å². The molecule has 9 heteroatoms. The number of amides is 1. The topological polar surface area (TPSA) is 81.1 Å². The Labute approximate surface area is 224 Å². The van der Waals surface area contributed by atoms with E-state index in [1.54, 1.807) is 26.2 Å². The molecule has 1 amide bonds. The molecular weight excluding hydrogens is 507 g/mol. The Kier molecular flexibility index (Phi) is 6.40. The van der Waals surface area contributed by atoms with Gasteiger partial charge in [0.25, 0.3) is 11.7 Å². The molecule has 202 valence electrons. The van der Waals surface area contributed by atoms with Crippen LogP contribution < -0.4 is 14.8 Å². The number of ether oxygens (including phenoxy) is 1. The van der Waals surface area contributed by atoms with Crippen LogP contribution in [0.5, 0.6) is 5.75 Å². The third-order valence-electron chi connectivity index (χ3n) is 7.47. The number of rotatable bonds is 6. The predicted molar refractivity (Wildman–Crippen MR) is 143 cm³/mol. The second-order valence-corrected chi connectivity index (χ2v) is 10.0. The molecule has 6 nitrogen and oxygen atoms in total. The zero-order valence-corrected chi connectivity index (χ0v) is 22.0. The number of carbonyl (C=O) groups is 1. The van der Waals surface area contributed by atoms with Crippen molar-refractivity contribution in [2.75, 3.05) is 12.4 Å². The minimum Gasteiger partial charge on any atom is -0.710 e. The van der Waals surface area contributed by atoms with Crippen molar-refractivity contribution < 1.29 is 27.4 Å². The number of anilines is 1. The van der Waals surface area contributed by atoms with Crippen molar-refractivity contribution in [3.05, 3.63) is 93.9 Å². The summed E-state index contributed by atoms with van der Waals surface area (Å²) >= 11 is 0. The highest BCUT2D eigenvalue weighted by Crippen LogP contribution is 2.59. The van der Waals surface area contributed by atoms with Gasteiger partial charge in [-0.3, -0.25) is 4.79 Å². The van der Waals surface area contributed by atoms with Gasteiger partial charge in [-0.2, -0.15) is 13.2 Å². The summed E-state index contributed by atoms with van der Waals surface area (Å²) in [4.78, 5) is 16.2. The van der Waals surface area contributed by atoms with Gasteiger partial charge in [0.15, 0.2) is 5.69 Å². The van der Waals surface area contributed by atoms with Crippen LogP contribution in [0.25, 0.3) is 22.5 Å². The Hall–Kier alpha value is -4.27. The molecule has 2 N–H and O–H groups in total. The van der Waals surface area contributed by atoms with Gasteiger partial charge in [-0.05, 0) is 79.3 Å². The molecule has 39 heavy (non-hydrogen) atoms. The van der Waals surface area contributed by atoms with Crippen LogP contribution in [0, 0.1) is 26.0 Å². The number of aromatic nitrogens is 2. The quantitative estimate of drug-likeness (QED) is 0.211. The second kappa shape index (κ2) is 9.48. The van der Waals surface area contributed by atoms with Crippen molar-refractivity contribution >= 4 is 11.6 Å². The first-order valence-corrected chi connectivity index (χ1v) is 12.5. The number of nitrogens with zero attached hydrogens (tertiary/aromatic N) is 1. The largest absolute Gasteiger partial charge is 0.710 e. The average Bonchev–Trinajstić information content (AvgIpc) is 3.65. The van der Waals surface area contributed by atoms with Gasteiger partial charge in [0.05, 0.1) is 18.1 Å². The lowest BCUT2D eigenvalue weighted by molar-refractivity contribution is -0.594. The molecule has 0 aliphatic heterocycles. The first-order valence-electron chi connectivity index (χ1n) is 12.5. The number of carbonyl (C=O) groups excluding carboxylic acids is 1. The molecular formula is C30H28F3N3O3. The van der Waals surface area contributed by atoms with Crippen LogP contribution in [-0.2, 0) is 5.41 Å². The monoisotopic (exact) mass is 535 g/mol. The number of imidazole rings is 1. The van der Waals surface area contributed by atoms with Gasteiger partial charge < -0.3 is 15.3 Å². The lowest BCUT2D eigenvalue weighted by Crippen LogP contribution is -2.36. The minimum atomic E-state index is -4.37. The lowest BCUT2D eigenvalue weighted by Gasteiger charge is -2.20. The molecule has 0 spiro atoms. The molecule has 1 heterocycles. The number of benzene rings is 3. The maximum Gasteiger partial charge on any atom is 0.398 e. The molecule has 0 saturated heterocycles. The van der Waals surface area contributed by atoms with Gasteiger partial charge in [0, 0.05) is 18.2 Å². The van der Waals surface area contributed by atoms with Gasteiger partial charge >= 0.3 is 6.18 Å². The van der Waals surface area contributed by atoms with E-state index < -0.39 is 17.5 Å². The van der Waals surface area contributed by atoms with E-state index in [2.05, 4.69) is 10.3 Å².